The van der Waals surface area contributed by atoms with Crippen molar-refractivity contribution in [2.75, 3.05) is 49.2 Å². The largest absolute Gasteiger partial charge is 0.461 e. The average molecular weight is 356 g/mol. The SMILES string of the molecule is CSCC(=O)OCC(COC(=O)CSC)OC(=O)CSC. The van der Waals surface area contributed by atoms with Crippen LogP contribution in [0.15, 0.2) is 0 Å². The van der Waals surface area contributed by atoms with Gasteiger partial charge in [-0.05, 0) is 18.8 Å². The highest BCUT2D eigenvalue weighted by Crippen LogP contribution is 2.03. The van der Waals surface area contributed by atoms with E-state index in [0.717, 1.165) is 0 Å². The Kier molecular flexibility index (Phi) is 12.8. The lowest BCUT2D eigenvalue weighted by Crippen LogP contribution is -2.32. The monoisotopic (exact) mass is 356 g/mol. The van der Waals surface area contributed by atoms with Crippen molar-refractivity contribution in [3.05, 3.63) is 0 Å². The molecule has 0 spiro atoms. The van der Waals surface area contributed by atoms with Crippen LogP contribution in [0.3, 0.4) is 0 Å². The van der Waals surface area contributed by atoms with Crippen LogP contribution in [0, 0.1) is 0 Å². The molecular weight excluding hydrogens is 336 g/mol. The Bertz CT molecular complexity index is 315. The Morgan fingerprint density at radius 2 is 1.14 bits per heavy atom. The third-order valence-corrected chi connectivity index (χ3v) is 3.52. The summed E-state index contributed by atoms with van der Waals surface area (Å²) in [7, 11) is 0. The van der Waals surface area contributed by atoms with Crippen molar-refractivity contribution in [1.82, 2.24) is 0 Å². The molecule has 0 fully saturated rings. The maximum absolute atomic E-state index is 11.5. The predicted molar refractivity (Wildman–Crippen MR) is 86.9 cm³/mol. The molecule has 0 aromatic heterocycles. The predicted octanol–water partition coefficient (Wildman–Crippen LogP) is 1.07. The fraction of sp³-hybridized carbons (Fsp3) is 0.750. The average Bonchev–Trinajstić information content (AvgIpc) is 2.42. The molecule has 0 rings (SSSR count). The molecule has 0 aromatic rings. The highest BCUT2D eigenvalue weighted by molar-refractivity contribution is 7.99. The molecule has 9 heteroatoms. The Balaban J connectivity index is 4.29. The minimum Gasteiger partial charge on any atom is -0.461 e. The zero-order chi connectivity index (χ0) is 16.1. The van der Waals surface area contributed by atoms with Crippen LogP contribution in [-0.2, 0) is 28.6 Å². The minimum absolute atomic E-state index is 0.119. The number of carbonyl (C=O) groups excluding carboxylic acids is 3. The molecule has 6 nitrogen and oxygen atoms in total. The quantitative estimate of drug-likeness (QED) is 0.399. The van der Waals surface area contributed by atoms with Crippen molar-refractivity contribution in [3.8, 4) is 0 Å². The molecule has 0 bridgehead atoms. The van der Waals surface area contributed by atoms with Gasteiger partial charge in [-0.2, -0.15) is 35.3 Å². The highest BCUT2D eigenvalue weighted by Gasteiger charge is 2.19. The number of hydrogen-bond donors (Lipinski definition) is 0. The summed E-state index contributed by atoms with van der Waals surface area (Å²) in [6.07, 6.45) is 4.55. The lowest BCUT2D eigenvalue weighted by molar-refractivity contribution is -0.163. The molecule has 0 radical (unpaired) electrons. The number of carbonyl (C=O) groups is 3. The standard InChI is InChI=1S/C12H20O6S3/c1-19-6-10(13)16-4-9(18-12(15)8-21-3)5-17-11(14)7-20-2/h9H,4-8H2,1-3H3. The molecule has 0 atom stereocenters. The summed E-state index contributed by atoms with van der Waals surface area (Å²) in [4.78, 5) is 34.1. The van der Waals surface area contributed by atoms with E-state index in [2.05, 4.69) is 0 Å². The number of rotatable bonds is 11. The highest BCUT2D eigenvalue weighted by atomic mass is 32.2. The van der Waals surface area contributed by atoms with Crippen molar-refractivity contribution in [2.45, 2.75) is 6.10 Å². The first-order chi connectivity index (χ1) is 10.0. The Labute approximate surface area is 137 Å². The molecule has 0 saturated heterocycles. The molecular formula is C12H20O6S3. The second kappa shape index (κ2) is 13.1. The third kappa shape index (κ3) is 11.8. The summed E-state index contributed by atoms with van der Waals surface area (Å²) in [6.45, 7) is -0.238. The Hall–Kier alpha value is -0.540. The Morgan fingerprint density at radius 1 is 0.762 bits per heavy atom. The molecule has 0 unspecified atom stereocenters. The summed E-state index contributed by atoms with van der Waals surface area (Å²) < 4.78 is 15.1. The van der Waals surface area contributed by atoms with E-state index in [1.165, 1.54) is 35.3 Å². The molecule has 122 valence electrons. The smallest absolute Gasteiger partial charge is 0.316 e. The number of hydrogen-bond acceptors (Lipinski definition) is 9. The molecule has 0 saturated carbocycles. The fourth-order valence-corrected chi connectivity index (χ4v) is 2.09. The van der Waals surface area contributed by atoms with E-state index >= 15 is 0 Å². The molecule has 21 heavy (non-hydrogen) atoms. The first kappa shape index (κ1) is 20.5. The van der Waals surface area contributed by atoms with Crippen molar-refractivity contribution >= 4 is 53.2 Å². The lowest BCUT2D eigenvalue weighted by atomic mass is 10.4. The normalized spacial score (nSPS) is 10.3. The van der Waals surface area contributed by atoms with Crippen molar-refractivity contribution < 1.29 is 28.6 Å². The van der Waals surface area contributed by atoms with Crippen LogP contribution in [0.1, 0.15) is 0 Å². The van der Waals surface area contributed by atoms with Crippen molar-refractivity contribution in [3.63, 3.8) is 0 Å². The van der Waals surface area contributed by atoms with Crippen LogP contribution in [-0.4, -0.2) is 73.3 Å². The second-order valence-corrected chi connectivity index (χ2v) is 6.38. The van der Waals surface area contributed by atoms with Crippen molar-refractivity contribution in [2.24, 2.45) is 0 Å². The fourth-order valence-electron chi connectivity index (χ4n) is 1.14. The van der Waals surface area contributed by atoms with Gasteiger partial charge in [0.2, 0.25) is 0 Å². The Morgan fingerprint density at radius 3 is 1.52 bits per heavy atom. The summed E-state index contributed by atoms with van der Waals surface area (Å²) in [6, 6.07) is 0. The molecule has 0 aliphatic heterocycles. The number of esters is 3. The lowest BCUT2D eigenvalue weighted by Gasteiger charge is -2.17. The van der Waals surface area contributed by atoms with Crippen LogP contribution >= 0.6 is 35.3 Å². The first-order valence-corrected chi connectivity index (χ1v) is 10.2. The van der Waals surface area contributed by atoms with E-state index < -0.39 is 24.0 Å². The van der Waals surface area contributed by atoms with E-state index in [-0.39, 0.29) is 30.5 Å². The summed E-state index contributed by atoms with van der Waals surface area (Å²) in [5, 5.41) is 0. The maximum Gasteiger partial charge on any atom is 0.316 e. The second-order valence-electron chi connectivity index (χ2n) is 3.78. The van der Waals surface area contributed by atoms with Crippen molar-refractivity contribution in [1.29, 1.82) is 0 Å². The van der Waals surface area contributed by atoms with E-state index in [4.69, 9.17) is 14.2 Å². The van der Waals surface area contributed by atoms with Gasteiger partial charge in [-0.1, -0.05) is 0 Å². The van der Waals surface area contributed by atoms with E-state index in [1.807, 2.05) is 0 Å². The zero-order valence-corrected chi connectivity index (χ0v) is 14.7. The summed E-state index contributed by atoms with van der Waals surface area (Å²) >= 11 is 3.99. The molecule has 0 amide bonds. The van der Waals surface area contributed by atoms with E-state index in [1.54, 1.807) is 18.8 Å². The number of thioether (sulfide) groups is 3. The van der Waals surface area contributed by atoms with Crippen LogP contribution < -0.4 is 0 Å². The molecule has 0 aromatic carbocycles. The molecule has 0 heterocycles. The molecule has 0 aliphatic rings. The van der Waals surface area contributed by atoms with Gasteiger partial charge in [0.15, 0.2) is 6.10 Å². The van der Waals surface area contributed by atoms with Crippen LogP contribution in [0.4, 0.5) is 0 Å². The van der Waals surface area contributed by atoms with Gasteiger partial charge in [-0.3, -0.25) is 14.4 Å². The minimum atomic E-state index is -0.777. The van der Waals surface area contributed by atoms with Gasteiger partial charge in [0.25, 0.3) is 0 Å². The van der Waals surface area contributed by atoms with Gasteiger partial charge >= 0.3 is 17.9 Å². The van der Waals surface area contributed by atoms with Crippen LogP contribution in [0.25, 0.3) is 0 Å². The van der Waals surface area contributed by atoms with Crippen LogP contribution in [0.5, 0.6) is 0 Å². The van der Waals surface area contributed by atoms with Gasteiger partial charge in [-0.25, -0.2) is 0 Å². The summed E-state index contributed by atoms with van der Waals surface area (Å²) in [5.74, 6) is -0.606. The summed E-state index contributed by atoms with van der Waals surface area (Å²) in [5.41, 5.74) is 0. The molecule has 0 N–H and O–H groups in total. The number of ether oxygens (including phenoxy) is 3. The topological polar surface area (TPSA) is 78.9 Å². The van der Waals surface area contributed by atoms with Crippen LogP contribution in [0.2, 0.25) is 0 Å². The van der Waals surface area contributed by atoms with Gasteiger partial charge < -0.3 is 14.2 Å². The van der Waals surface area contributed by atoms with Gasteiger partial charge in [0, 0.05) is 0 Å². The zero-order valence-electron chi connectivity index (χ0n) is 12.3. The van der Waals surface area contributed by atoms with Gasteiger partial charge in [0.05, 0.1) is 17.3 Å². The van der Waals surface area contributed by atoms with Gasteiger partial charge in [0.1, 0.15) is 13.2 Å². The van der Waals surface area contributed by atoms with E-state index in [0.29, 0.717) is 0 Å². The third-order valence-electron chi connectivity index (χ3n) is 1.95. The first-order valence-electron chi connectivity index (χ1n) is 6.01. The maximum atomic E-state index is 11.5. The van der Waals surface area contributed by atoms with E-state index in [9.17, 15) is 14.4 Å². The molecule has 0 aliphatic carbocycles. The van der Waals surface area contributed by atoms with Gasteiger partial charge in [-0.15, -0.1) is 0 Å².